The molecule has 0 radical (unpaired) electrons. The molecule has 1 aromatic heterocycles. The molecule has 2 amide bonds. The number of nitrogens with zero attached hydrogens (tertiary/aromatic N) is 1. The first-order chi connectivity index (χ1) is 14.6. The highest BCUT2D eigenvalue weighted by Crippen LogP contribution is 2.34. The number of para-hydroxylation sites is 1. The topological polar surface area (TPSA) is 74.6 Å². The first kappa shape index (κ1) is 20.0. The third kappa shape index (κ3) is 4.33. The summed E-state index contributed by atoms with van der Waals surface area (Å²) in [5.74, 6) is -0.649. The van der Waals surface area contributed by atoms with Gasteiger partial charge in [-0.05, 0) is 41.8 Å². The van der Waals surface area contributed by atoms with Crippen molar-refractivity contribution in [2.24, 2.45) is 0 Å². The van der Waals surface area contributed by atoms with Gasteiger partial charge in [0, 0.05) is 30.3 Å². The third-order valence-corrected chi connectivity index (χ3v) is 5.60. The van der Waals surface area contributed by atoms with E-state index in [1.54, 1.807) is 18.4 Å². The quantitative estimate of drug-likeness (QED) is 0.595. The van der Waals surface area contributed by atoms with Gasteiger partial charge in [0.25, 0.3) is 0 Å². The highest BCUT2D eigenvalue weighted by molar-refractivity contribution is 6.35. The Morgan fingerprint density at radius 2 is 1.77 bits per heavy atom. The average molecular weight is 424 g/mol. The predicted octanol–water partition coefficient (Wildman–Crippen LogP) is 3.47. The first-order valence-electron chi connectivity index (χ1n) is 9.81. The molecule has 30 heavy (non-hydrogen) atoms. The van der Waals surface area contributed by atoms with E-state index in [0.717, 1.165) is 30.0 Å². The van der Waals surface area contributed by atoms with Crippen molar-refractivity contribution in [2.75, 3.05) is 18.0 Å². The molecule has 0 bridgehead atoms. The molecule has 6 nitrogen and oxygen atoms in total. The van der Waals surface area contributed by atoms with E-state index in [-0.39, 0.29) is 19.1 Å². The maximum Gasteiger partial charge on any atom is 0.309 e. The lowest BCUT2D eigenvalue weighted by atomic mass is 10.1. The number of furan rings is 1. The molecule has 4 rings (SSSR count). The summed E-state index contributed by atoms with van der Waals surface area (Å²) < 4.78 is 5.63. The number of fused-ring (bicyclic) bond motifs is 1. The van der Waals surface area contributed by atoms with E-state index in [9.17, 15) is 9.59 Å². The lowest BCUT2D eigenvalue weighted by Gasteiger charge is -2.29. The third-order valence-electron chi connectivity index (χ3n) is 5.23. The van der Waals surface area contributed by atoms with Crippen LogP contribution in [0.3, 0.4) is 0 Å². The molecule has 3 aromatic rings. The van der Waals surface area contributed by atoms with Gasteiger partial charge in [0.15, 0.2) is 0 Å². The Balaban J connectivity index is 1.40. The molecule has 1 aliphatic rings. The second-order valence-corrected chi connectivity index (χ2v) is 7.49. The van der Waals surface area contributed by atoms with Crippen molar-refractivity contribution < 1.29 is 14.0 Å². The van der Waals surface area contributed by atoms with Gasteiger partial charge in [-0.25, -0.2) is 0 Å². The zero-order valence-corrected chi connectivity index (χ0v) is 17.1. The molecular weight excluding hydrogens is 402 g/mol. The normalized spacial score (nSPS) is 13.6. The van der Waals surface area contributed by atoms with Crippen LogP contribution in [0.25, 0.3) is 0 Å². The van der Waals surface area contributed by atoms with Gasteiger partial charge in [-0.3, -0.25) is 9.59 Å². The second kappa shape index (κ2) is 9.05. The Morgan fingerprint density at radius 1 is 1.00 bits per heavy atom. The Labute approximate surface area is 179 Å². The summed E-state index contributed by atoms with van der Waals surface area (Å²) in [5, 5.41) is 5.90. The lowest BCUT2D eigenvalue weighted by molar-refractivity contribution is -0.139. The van der Waals surface area contributed by atoms with Crippen molar-refractivity contribution >= 4 is 29.1 Å². The van der Waals surface area contributed by atoms with Crippen LogP contribution in [0.5, 0.6) is 0 Å². The number of nitrogens with one attached hydrogen (secondary N) is 2. The standard InChI is InChI=1S/C23H22ClN3O3/c24-18-8-3-1-7-17(18)14-25-22(28)23(29)26-15-20(21-10-5-13-30-21)27-12-11-16-6-2-4-9-19(16)27/h1-10,13,20H,11-12,14-15H2,(H,25,28)(H,26,29)/t20-/m0/s1. The predicted molar refractivity (Wildman–Crippen MR) is 115 cm³/mol. The summed E-state index contributed by atoms with van der Waals surface area (Å²) in [6, 6.07) is 18.9. The van der Waals surface area contributed by atoms with E-state index < -0.39 is 11.8 Å². The Bertz CT molecular complexity index is 1040. The molecule has 0 spiro atoms. The molecule has 2 aromatic carbocycles. The minimum atomic E-state index is -0.699. The summed E-state index contributed by atoms with van der Waals surface area (Å²) in [5.41, 5.74) is 3.14. The summed E-state index contributed by atoms with van der Waals surface area (Å²) in [6.45, 7) is 1.26. The molecule has 0 fully saturated rings. The van der Waals surface area contributed by atoms with E-state index in [0.29, 0.717) is 5.02 Å². The van der Waals surface area contributed by atoms with Gasteiger partial charge in [0.05, 0.1) is 6.26 Å². The van der Waals surface area contributed by atoms with Crippen LogP contribution in [0.2, 0.25) is 5.02 Å². The van der Waals surface area contributed by atoms with Crippen LogP contribution in [0.4, 0.5) is 5.69 Å². The SMILES string of the molecule is O=C(NCc1ccccc1Cl)C(=O)NC[C@@H](c1ccco1)N1CCc2ccccc21. The number of hydrogen-bond acceptors (Lipinski definition) is 4. The van der Waals surface area contributed by atoms with Crippen molar-refractivity contribution in [3.8, 4) is 0 Å². The monoisotopic (exact) mass is 423 g/mol. The summed E-state index contributed by atoms with van der Waals surface area (Å²) in [6.07, 6.45) is 2.54. The van der Waals surface area contributed by atoms with Gasteiger partial charge in [-0.2, -0.15) is 0 Å². The Kier molecular flexibility index (Phi) is 6.05. The van der Waals surface area contributed by atoms with Crippen LogP contribution in [0.1, 0.15) is 22.9 Å². The highest BCUT2D eigenvalue weighted by Gasteiger charge is 2.29. The fraction of sp³-hybridized carbons (Fsp3) is 0.217. The van der Waals surface area contributed by atoms with Crippen molar-refractivity contribution in [3.05, 3.63) is 88.8 Å². The molecule has 1 atom stereocenters. The van der Waals surface area contributed by atoms with Crippen molar-refractivity contribution in [3.63, 3.8) is 0 Å². The number of benzene rings is 2. The second-order valence-electron chi connectivity index (χ2n) is 7.09. The maximum atomic E-state index is 12.4. The first-order valence-corrected chi connectivity index (χ1v) is 10.2. The fourth-order valence-corrected chi connectivity index (χ4v) is 3.90. The van der Waals surface area contributed by atoms with E-state index in [4.69, 9.17) is 16.0 Å². The lowest BCUT2D eigenvalue weighted by Crippen LogP contribution is -2.43. The van der Waals surface area contributed by atoms with Crippen molar-refractivity contribution in [1.82, 2.24) is 10.6 Å². The molecule has 0 unspecified atom stereocenters. The highest BCUT2D eigenvalue weighted by atomic mass is 35.5. The number of carbonyl (C=O) groups is 2. The number of anilines is 1. The van der Waals surface area contributed by atoms with Gasteiger partial charge in [0.2, 0.25) is 0 Å². The average Bonchev–Trinajstić information content (AvgIpc) is 3.44. The summed E-state index contributed by atoms with van der Waals surface area (Å²) in [4.78, 5) is 26.8. The molecule has 154 valence electrons. The molecule has 7 heteroatoms. The molecule has 0 aliphatic carbocycles. The maximum absolute atomic E-state index is 12.4. The summed E-state index contributed by atoms with van der Waals surface area (Å²) in [7, 11) is 0. The van der Waals surface area contributed by atoms with Crippen LogP contribution in [-0.2, 0) is 22.6 Å². The zero-order valence-electron chi connectivity index (χ0n) is 16.3. The number of amides is 2. The molecule has 1 aliphatic heterocycles. The number of carbonyl (C=O) groups excluding carboxylic acids is 2. The number of hydrogen-bond donors (Lipinski definition) is 2. The van der Waals surface area contributed by atoms with Gasteiger partial charge in [-0.15, -0.1) is 0 Å². The van der Waals surface area contributed by atoms with E-state index in [1.165, 1.54) is 5.56 Å². The Hall–Kier alpha value is -3.25. The van der Waals surface area contributed by atoms with Crippen LogP contribution in [0.15, 0.2) is 71.3 Å². The van der Waals surface area contributed by atoms with Crippen molar-refractivity contribution in [1.29, 1.82) is 0 Å². The minimum Gasteiger partial charge on any atom is -0.467 e. The van der Waals surface area contributed by atoms with E-state index in [2.05, 4.69) is 27.7 Å². The smallest absolute Gasteiger partial charge is 0.309 e. The molecule has 0 saturated carbocycles. The van der Waals surface area contributed by atoms with Gasteiger partial charge in [-0.1, -0.05) is 48.0 Å². The van der Waals surface area contributed by atoms with Crippen LogP contribution >= 0.6 is 11.6 Å². The molecule has 0 saturated heterocycles. The number of rotatable bonds is 6. The van der Waals surface area contributed by atoms with E-state index in [1.807, 2.05) is 36.4 Å². The largest absolute Gasteiger partial charge is 0.467 e. The van der Waals surface area contributed by atoms with Gasteiger partial charge >= 0.3 is 11.8 Å². The number of halogens is 1. The summed E-state index contributed by atoms with van der Waals surface area (Å²) >= 11 is 6.09. The van der Waals surface area contributed by atoms with Crippen LogP contribution < -0.4 is 15.5 Å². The molecule has 2 heterocycles. The minimum absolute atomic E-state index is 0.188. The van der Waals surface area contributed by atoms with E-state index >= 15 is 0 Å². The zero-order chi connectivity index (χ0) is 20.9. The van der Waals surface area contributed by atoms with Gasteiger partial charge < -0.3 is 20.0 Å². The van der Waals surface area contributed by atoms with Crippen LogP contribution in [0, 0.1) is 0 Å². The Morgan fingerprint density at radius 3 is 2.57 bits per heavy atom. The molecular formula is C23H22ClN3O3. The molecule has 2 N–H and O–H groups in total. The van der Waals surface area contributed by atoms with Crippen LogP contribution in [-0.4, -0.2) is 24.9 Å². The fourth-order valence-electron chi connectivity index (χ4n) is 3.70. The van der Waals surface area contributed by atoms with Gasteiger partial charge in [0.1, 0.15) is 11.8 Å². The van der Waals surface area contributed by atoms with Crippen molar-refractivity contribution in [2.45, 2.75) is 19.0 Å².